The fourth-order valence-corrected chi connectivity index (χ4v) is 8.32. The maximum absolute atomic E-state index is 14.4. The van der Waals surface area contributed by atoms with Gasteiger partial charge in [-0.05, 0) is 79.8 Å². The molecule has 2 amide bonds. The van der Waals surface area contributed by atoms with Gasteiger partial charge in [0.15, 0.2) is 17.1 Å². The van der Waals surface area contributed by atoms with E-state index in [4.69, 9.17) is 9.15 Å². The molecule has 9 nitrogen and oxygen atoms in total. The van der Waals surface area contributed by atoms with E-state index in [1.54, 1.807) is 43.3 Å². The molecule has 0 bridgehead atoms. The molecule has 9 rings (SSSR count). The molecule has 4 atom stereocenters. The topological polar surface area (TPSA) is 127 Å². The molecule has 1 fully saturated rings. The third-order valence-electron chi connectivity index (χ3n) is 10.8. The predicted octanol–water partition coefficient (Wildman–Crippen LogP) is 7.41. The number of aromatic nitrogens is 1. The second kappa shape index (κ2) is 12.2. The highest BCUT2D eigenvalue weighted by Crippen LogP contribution is 2.56. The summed E-state index contributed by atoms with van der Waals surface area (Å²) in [5, 5.41) is 11.5. The van der Waals surface area contributed by atoms with Gasteiger partial charge in [-0.1, -0.05) is 60.2 Å². The SMILES string of the molecule is CC1=CC(=O)C2=C(C1=O)C(c1ccc(OCc3ccccc3)cc1O)C1=CCC3C(=O)N(c4ccc(-c5nc6ccccc6o5)cc4)C(=O)C3C1C2. The van der Waals surface area contributed by atoms with Crippen LogP contribution < -0.4 is 9.64 Å². The molecule has 4 unspecified atom stereocenters. The van der Waals surface area contributed by atoms with Crippen LogP contribution in [0.4, 0.5) is 5.69 Å². The first-order valence-corrected chi connectivity index (χ1v) is 17.3. The number of hydrogen-bond donors (Lipinski definition) is 1. The van der Waals surface area contributed by atoms with Gasteiger partial charge in [-0.2, -0.15) is 0 Å². The van der Waals surface area contributed by atoms with Crippen molar-refractivity contribution in [2.75, 3.05) is 4.90 Å². The summed E-state index contributed by atoms with van der Waals surface area (Å²) < 4.78 is 11.9. The van der Waals surface area contributed by atoms with Crippen LogP contribution in [0.3, 0.4) is 0 Å². The van der Waals surface area contributed by atoms with Crippen molar-refractivity contribution in [2.45, 2.75) is 32.3 Å². The first-order chi connectivity index (χ1) is 25.3. The molecule has 1 aliphatic heterocycles. The van der Waals surface area contributed by atoms with Gasteiger partial charge < -0.3 is 14.3 Å². The average Bonchev–Trinajstić information content (AvgIpc) is 3.71. The minimum absolute atomic E-state index is 0.0898. The highest BCUT2D eigenvalue weighted by molar-refractivity contribution is 6.25. The molecule has 3 aliphatic carbocycles. The van der Waals surface area contributed by atoms with E-state index in [0.717, 1.165) is 16.7 Å². The number of fused-ring (bicyclic) bond motifs is 4. The van der Waals surface area contributed by atoms with Crippen LogP contribution in [0.5, 0.6) is 11.5 Å². The van der Waals surface area contributed by atoms with Crippen LogP contribution in [0, 0.1) is 17.8 Å². The number of carbonyl (C=O) groups is 4. The largest absolute Gasteiger partial charge is 0.507 e. The highest BCUT2D eigenvalue weighted by Gasteiger charge is 2.56. The Balaban J connectivity index is 1.05. The van der Waals surface area contributed by atoms with Gasteiger partial charge in [0.05, 0.1) is 17.5 Å². The Morgan fingerprint density at radius 2 is 1.65 bits per heavy atom. The zero-order chi connectivity index (χ0) is 35.7. The molecule has 2 heterocycles. The Morgan fingerprint density at radius 1 is 0.885 bits per heavy atom. The van der Waals surface area contributed by atoms with Gasteiger partial charge in [0.25, 0.3) is 0 Å². The quantitative estimate of drug-likeness (QED) is 0.111. The number of Topliss-reactive ketones (excluding diaryl/α,β-unsaturated/α-hetero) is 1. The van der Waals surface area contributed by atoms with Crippen LogP contribution in [0.2, 0.25) is 0 Å². The van der Waals surface area contributed by atoms with E-state index in [0.29, 0.717) is 57.4 Å². The number of ether oxygens (including phenoxy) is 1. The fraction of sp³-hybridized carbons (Fsp3) is 0.186. The van der Waals surface area contributed by atoms with Gasteiger partial charge in [0.1, 0.15) is 23.6 Å². The van der Waals surface area contributed by atoms with Crippen molar-refractivity contribution < 1.29 is 33.4 Å². The molecule has 4 aromatic carbocycles. The number of phenolic OH excluding ortho intramolecular Hbond substituents is 1. The van der Waals surface area contributed by atoms with Gasteiger partial charge in [-0.15, -0.1) is 0 Å². The summed E-state index contributed by atoms with van der Waals surface area (Å²) in [4.78, 5) is 61.5. The zero-order valence-electron chi connectivity index (χ0n) is 28.1. The second-order valence-electron chi connectivity index (χ2n) is 13.8. The Kier molecular flexibility index (Phi) is 7.39. The van der Waals surface area contributed by atoms with Crippen molar-refractivity contribution >= 4 is 40.2 Å². The number of allylic oxidation sites excluding steroid dienone is 6. The maximum Gasteiger partial charge on any atom is 0.238 e. The Morgan fingerprint density at radius 3 is 2.42 bits per heavy atom. The van der Waals surface area contributed by atoms with Crippen LogP contribution in [0.15, 0.2) is 136 Å². The molecule has 5 aromatic rings. The number of benzene rings is 4. The number of aromatic hydroxyl groups is 1. The third-order valence-corrected chi connectivity index (χ3v) is 10.8. The summed E-state index contributed by atoms with van der Waals surface area (Å²) in [6, 6.07) is 29.1. The van der Waals surface area contributed by atoms with E-state index >= 15 is 0 Å². The summed E-state index contributed by atoms with van der Waals surface area (Å²) in [5.74, 6) is -3.09. The number of nitrogens with zero attached hydrogens (tertiary/aromatic N) is 2. The Labute approximate surface area is 298 Å². The second-order valence-corrected chi connectivity index (χ2v) is 13.8. The van der Waals surface area contributed by atoms with Gasteiger partial charge >= 0.3 is 0 Å². The predicted molar refractivity (Wildman–Crippen MR) is 192 cm³/mol. The van der Waals surface area contributed by atoms with Crippen LogP contribution in [-0.2, 0) is 25.8 Å². The molecule has 1 aromatic heterocycles. The van der Waals surface area contributed by atoms with E-state index in [1.807, 2.05) is 60.7 Å². The summed E-state index contributed by atoms with van der Waals surface area (Å²) in [6.45, 7) is 1.92. The molecule has 0 spiro atoms. The number of anilines is 1. The van der Waals surface area contributed by atoms with E-state index in [2.05, 4.69) is 4.98 Å². The molecule has 4 aliphatic rings. The zero-order valence-corrected chi connectivity index (χ0v) is 28.1. The number of ketones is 2. The molecular formula is C43H32N2O7. The number of oxazole rings is 1. The van der Waals surface area contributed by atoms with Crippen LogP contribution >= 0.6 is 0 Å². The van der Waals surface area contributed by atoms with Crippen molar-refractivity contribution in [3.8, 4) is 23.0 Å². The van der Waals surface area contributed by atoms with Crippen LogP contribution in [0.25, 0.3) is 22.6 Å². The van der Waals surface area contributed by atoms with Crippen molar-refractivity contribution in [1.82, 2.24) is 4.98 Å². The van der Waals surface area contributed by atoms with Gasteiger partial charge in [-0.25, -0.2) is 4.98 Å². The van der Waals surface area contributed by atoms with Gasteiger partial charge in [0.2, 0.25) is 17.7 Å². The lowest BCUT2D eigenvalue weighted by Gasteiger charge is -2.42. The lowest BCUT2D eigenvalue weighted by molar-refractivity contribution is -0.123. The molecule has 256 valence electrons. The summed E-state index contributed by atoms with van der Waals surface area (Å²) in [5.41, 5.74) is 5.67. The first kappa shape index (κ1) is 31.6. The Hall–Kier alpha value is -6.35. The third kappa shape index (κ3) is 5.03. The number of rotatable bonds is 6. The summed E-state index contributed by atoms with van der Waals surface area (Å²) in [6.07, 6.45) is 3.72. The smallest absolute Gasteiger partial charge is 0.238 e. The molecule has 1 saturated heterocycles. The van der Waals surface area contributed by atoms with E-state index in [9.17, 15) is 24.3 Å². The lowest BCUT2D eigenvalue weighted by Crippen LogP contribution is -2.39. The molecule has 0 saturated carbocycles. The number of imide groups is 1. The minimum atomic E-state index is -0.773. The van der Waals surface area contributed by atoms with Crippen molar-refractivity contribution in [3.05, 3.63) is 143 Å². The van der Waals surface area contributed by atoms with Crippen molar-refractivity contribution in [2.24, 2.45) is 17.8 Å². The molecule has 9 heteroatoms. The molecule has 1 N–H and O–H groups in total. The van der Waals surface area contributed by atoms with Crippen LogP contribution in [0.1, 0.15) is 36.8 Å². The van der Waals surface area contributed by atoms with Crippen molar-refractivity contribution in [1.29, 1.82) is 0 Å². The van der Waals surface area contributed by atoms with Gasteiger partial charge in [-0.3, -0.25) is 24.1 Å². The number of para-hydroxylation sites is 2. The minimum Gasteiger partial charge on any atom is -0.507 e. The molecule has 52 heavy (non-hydrogen) atoms. The molecular weight excluding hydrogens is 656 g/mol. The summed E-state index contributed by atoms with van der Waals surface area (Å²) in [7, 11) is 0. The number of amides is 2. The van der Waals surface area contributed by atoms with Gasteiger partial charge in [0, 0.05) is 39.8 Å². The monoisotopic (exact) mass is 688 g/mol. The Bertz CT molecular complexity index is 2400. The number of carbonyl (C=O) groups excluding carboxylic acids is 4. The normalized spacial score (nSPS) is 22.6. The fourth-order valence-electron chi connectivity index (χ4n) is 8.32. The maximum atomic E-state index is 14.4. The van der Waals surface area contributed by atoms with E-state index in [-0.39, 0.29) is 42.0 Å². The first-order valence-electron chi connectivity index (χ1n) is 17.3. The highest BCUT2D eigenvalue weighted by atomic mass is 16.5. The number of phenols is 1. The summed E-state index contributed by atoms with van der Waals surface area (Å²) >= 11 is 0. The average molecular weight is 689 g/mol. The van der Waals surface area contributed by atoms with E-state index in [1.165, 1.54) is 17.0 Å². The molecule has 0 radical (unpaired) electrons. The lowest BCUT2D eigenvalue weighted by atomic mass is 9.59. The standard InChI is InChI=1S/C43H32N2O7/c1-23-19-34(46)32-21-31-28(37(39(32)40(23)48)29-16-15-27(20-35(29)47)51-22-24-7-3-2-4-8-24)17-18-30-38(31)43(50)45(42(30)49)26-13-11-25(12-14-26)41-44-33-9-5-6-10-36(33)52-41/h2-17,19-20,30-31,37-38,47H,18,21-22H2,1H3. The number of hydrogen-bond acceptors (Lipinski definition) is 8. The van der Waals surface area contributed by atoms with E-state index < -0.39 is 23.7 Å². The van der Waals surface area contributed by atoms with Crippen LogP contribution in [-0.4, -0.2) is 33.5 Å². The van der Waals surface area contributed by atoms with Crippen molar-refractivity contribution in [3.63, 3.8) is 0 Å².